The Morgan fingerprint density at radius 1 is 1.00 bits per heavy atom. The lowest BCUT2D eigenvalue weighted by Gasteiger charge is -2.24. The predicted octanol–water partition coefficient (Wildman–Crippen LogP) is 3.51. The highest BCUT2D eigenvalue weighted by atomic mass is 35.5. The Balaban J connectivity index is 1.41. The van der Waals surface area contributed by atoms with Crippen molar-refractivity contribution in [2.75, 3.05) is 26.9 Å². The van der Waals surface area contributed by atoms with Gasteiger partial charge in [-0.2, -0.15) is 0 Å². The summed E-state index contributed by atoms with van der Waals surface area (Å²) in [6.07, 6.45) is 2.16. The molecule has 0 atom stereocenters. The van der Waals surface area contributed by atoms with E-state index < -0.39 is 23.8 Å². The molecule has 1 amide bonds. The topological polar surface area (TPSA) is 103 Å². The van der Waals surface area contributed by atoms with E-state index in [2.05, 4.69) is 10.6 Å². The normalized spacial score (nSPS) is 14.1. The van der Waals surface area contributed by atoms with Gasteiger partial charge in [-0.3, -0.25) is 9.59 Å². The van der Waals surface area contributed by atoms with Gasteiger partial charge in [0, 0.05) is 23.7 Å². The third-order valence-electron chi connectivity index (χ3n) is 5.78. The number of esters is 2. The van der Waals surface area contributed by atoms with Crippen molar-refractivity contribution in [3.63, 3.8) is 0 Å². The summed E-state index contributed by atoms with van der Waals surface area (Å²) >= 11 is 5.84. The van der Waals surface area contributed by atoms with E-state index in [1.165, 1.54) is 0 Å². The van der Waals surface area contributed by atoms with Crippen molar-refractivity contribution in [1.82, 2.24) is 10.6 Å². The lowest BCUT2D eigenvalue weighted by atomic mass is 10.1. The van der Waals surface area contributed by atoms with Gasteiger partial charge >= 0.3 is 11.9 Å². The Labute approximate surface area is 210 Å². The monoisotopic (exact) mass is 502 g/mol. The molecule has 2 aromatic carbocycles. The van der Waals surface area contributed by atoms with Crippen LogP contribution in [-0.4, -0.2) is 50.4 Å². The first kappa shape index (κ1) is 26.5. The molecular formula is C26H31ClN2O6. The minimum Gasteiger partial charge on any atom is -0.476 e. The van der Waals surface area contributed by atoms with E-state index >= 15 is 0 Å². The number of benzene rings is 2. The Morgan fingerprint density at radius 2 is 1.66 bits per heavy atom. The number of ether oxygens (including phenoxy) is 3. The minimum atomic E-state index is -1.28. The second kappa shape index (κ2) is 11.6. The van der Waals surface area contributed by atoms with Crippen LogP contribution in [-0.2, 0) is 25.5 Å². The second-order valence-electron chi connectivity index (χ2n) is 9.06. The largest absolute Gasteiger partial charge is 0.476 e. The molecule has 0 radical (unpaired) electrons. The molecule has 1 saturated carbocycles. The molecule has 0 saturated heterocycles. The molecule has 0 heterocycles. The molecule has 2 N–H and O–H groups in total. The molecule has 1 fully saturated rings. The number of halogens is 1. The Morgan fingerprint density at radius 3 is 2.26 bits per heavy atom. The molecule has 8 nitrogen and oxygen atoms in total. The Hall–Kier alpha value is -3.10. The maximum atomic E-state index is 12.5. The molecule has 0 bridgehead atoms. The average Bonchev–Trinajstić information content (AvgIpc) is 3.61. The molecule has 0 spiro atoms. The molecular weight excluding hydrogens is 472 g/mol. The first-order valence-electron chi connectivity index (χ1n) is 11.5. The second-order valence-corrected chi connectivity index (χ2v) is 9.50. The fourth-order valence-electron chi connectivity index (χ4n) is 3.49. The number of nitrogens with one attached hydrogen (secondary N) is 2. The highest BCUT2D eigenvalue weighted by Crippen LogP contribution is 2.46. The quantitative estimate of drug-likeness (QED) is 0.338. The number of hydrogen-bond donors (Lipinski definition) is 2. The molecule has 3 rings (SSSR count). The maximum absolute atomic E-state index is 12.5. The highest BCUT2D eigenvalue weighted by molar-refractivity contribution is 6.30. The van der Waals surface area contributed by atoms with Crippen LogP contribution in [0, 0.1) is 5.41 Å². The fraction of sp³-hybridized carbons (Fsp3) is 0.423. The fourth-order valence-corrected chi connectivity index (χ4v) is 3.62. The smallest absolute Gasteiger partial charge is 0.352 e. The van der Waals surface area contributed by atoms with E-state index in [0.29, 0.717) is 35.8 Å². The average molecular weight is 503 g/mol. The molecule has 0 aliphatic heterocycles. The van der Waals surface area contributed by atoms with Crippen molar-refractivity contribution in [1.29, 1.82) is 0 Å². The van der Waals surface area contributed by atoms with Crippen LogP contribution < -0.4 is 15.4 Å². The Bertz CT molecular complexity index is 1030. The van der Waals surface area contributed by atoms with Gasteiger partial charge in [0.2, 0.25) is 6.79 Å². The standard InChI is InChI=1S/C26H31ClN2O6/c1-25(2,23(31)33-17-34-24(32)26(13-14-26)16-28-3)35-21-10-4-18(5-11-21)12-15-29-22(30)19-6-8-20(27)9-7-19/h4-11,28H,12-17H2,1-3H3,(H,29,30). The third kappa shape index (κ3) is 7.44. The van der Waals surface area contributed by atoms with Crippen LogP contribution in [0.2, 0.25) is 5.02 Å². The van der Waals surface area contributed by atoms with Crippen molar-refractivity contribution in [3.05, 3.63) is 64.7 Å². The van der Waals surface area contributed by atoms with Crippen LogP contribution in [0.15, 0.2) is 48.5 Å². The number of rotatable bonds is 12. The minimum absolute atomic E-state index is 0.165. The summed E-state index contributed by atoms with van der Waals surface area (Å²) in [7, 11) is 1.78. The van der Waals surface area contributed by atoms with Crippen LogP contribution in [0.5, 0.6) is 5.75 Å². The van der Waals surface area contributed by atoms with Gasteiger partial charge in [0.1, 0.15) is 5.75 Å². The van der Waals surface area contributed by atoms with Gasteiger partial charge < -0.3 is 24.8 Å². The molecule has 1 aliphatic carbocycles. The summed E-state index contributed by atoms with van der Waals surface area (Å²) in [6.45, 7) is 3.73. The lowest BCUT2D eigenvalue weighted by molar-refractivity contribution is -0.180. The van der Waals surface area contributed by atoms with Crippen molar-refractivity contribution in [2.45, 2.75) is 38.7 Å². The van der Waals surface area contributed by atoms with Gasteiger partial charge in [-0.1, -0.05) is 23.7 Å². The molecule has 0 unspecified atom stereocenters. The Kier molecular flexibility index (Phi) is 8.75. The third-order valence-corrected chi connectivity index (χ3v) is 6.03. The van der Waals surface area contributed by atoms with Gasteiger partial charge in [-0.15, -0.1) is 0 Å². The van der Waals surface area contributed by atoms with Crippen LogP contribution in [0.3, 0.4) is 0 Å². The van der Waals surface area contributed by atoms with E-state index in [0.717, 1.165) is 18.4 Å². The summed E-state index contributed by atoms with van der Waals surface area (Å²) in [5, 5.41) is 6.43. The van der Waals surface area contributed by atoms with Gasteiger partial charge in [0.15, 0.2) is 5.60 Å². The zero-order valence-electron chi connectivity index (χ0n) is 20.2. The van der Waals surface area contributed by atoms with E-state index in [1.807, 2.05) is 12.1 Å². The SMILES string of the molecule is CNCC1(C(=O)OCOC(=O)C(C)(C)Oc2ccc(CCNC(=O)c3ccc(Cl)cc3)cc2)CC1. The molecule has 0 aromatic heterocycles. The van der Waals surface area contributed by atoms with E-state index in [-0.39, 0.29) is 11.9 Å². The zero-order valence-corrected chi connectivity index (χ0v) is 20.9. The predicted molar refractivity (Wildman–Crippen MR) is 131 cm³/mol. The van der Waals surface area contributed by atoms with Gasteiger partial charge in [-0.25, -0.2) is 4.79 Å². The maximum Gasteiger partial charge on any atom is 0.352 e. The summed E-state index contributed by atoms with van der Waals surface area (Å²) in [5.41, 5.74) is -0.222. The highest BCUT2D eigenvalue weighted by Gasteiger charge is 2.50. The molecule has 1 aliphatic rings. The molecule has 188 valence electrons. The van der Waals surface area contributed by atoms with Crippen LogP contribution in [0.1, 0.15) is 42.6 Å². The van der Waals surface area contributed by atoms with E-state index in [4.69, 9.17) is 25.8 Å². The van der Waals surface area contributed by atoms with Crippen molar-refractivity contribution in [2.24, 2.45) is 5.41 Å². The summed E-state index contributed by atoms with van der Waals surface area (Å²) in [4.78, 5) is 36.8. The van der Waals surface area contributed by atoms with Crippen LogP contribution in [0.4, 0.5) is 0 Å². The van der Waals surface area contributed by atoms with E-state index in [9.17, 15) is 14.4 Å². The number of carbonyl (C=O) groups is 3. The van der Waals surface area contributed by atoms with Crippen molar-refractivity contribution in [3.8, 4) is 5.75 Å². The summed E-state index contributed by atoms with van der Waals surface area (Å²) in [6, 6.07) is 13.9. The first-order chi connectivity index (χ1) is 16.6. The first-order valence-corrected chi connectivity index (χ1v) is 11.8. The zero-order chi connectivity index (χ0) is 25.5. The summed E-state index contributed by atoms with van der Waals surface area (Å²) < 4.78 is 16.0. The van der Waals surface area contributed by atoms with Crippen molar-refractivity contribution >= 4 is 29.4 Å². The van der Waals surface area contributed by atoms with Crippen molar-refractivity contribution < 1.29 is 28.6 Å². The van der Waals surface area contributed by atoms with E-state index in [1.54, 1.807) is 57.3 Å². The molecule has 35 heavy (non-hydrogen) atoms. The van der Waals surface area contributed by atoms with Gasteiger partial charge in [0.05, 0.1) is 5.41 Å². The molecule has 9 heteroatoms. The summed E-state index contributed by atoms with van der Waals surface area (Å²) in [5.74, 6) is -0.679. The van der Waals surface area contributed by atoms with Gasteiger partial charge in [0.25, 0.3) is 5.91 Å². The number of hydrogen-bond acceptors (Lipinski definition) is 7. The van der Waals surface area contributed by atoms with Crippen LogP contribution >= 0.6 is 11.6 Å². The lowest BCUT2D eigenvalue weighted by Crippen LogP contribution is -2.40. The van der Waals surface area contributed by atoms with Crippen LogP contribution in [0.25, 0.3) is 0 Å². The molecule has 2 aromatic rings. The van der Waals surface area contributed by atoms with Gasteiger partial charge in [-0.05, 0) is 82.1 Å². The number of amides is 1. The number of carbonyl (C=O) groups excluding carboxylic acids is 3.